The number of aromatic nitrogens is 8. The van der Waals surface area contributed by atoms with E-state index >= 15 is 0 Å². The SMILES string of the molecule is ClCc1nc2ccccc2[nH]1.[Cl-].c1cc(-c2ccncc2)ccn1.c1ccc2[nH]c(C[n+]3ccc(-c4ccncc4)cc3)nc2c1. The van der Waals surface area contributed by atoms with Crippen LogP contribution >= 0.6 is 11.6 Å². The molecule has 0 spiro atoms. The van der Waals surface area contributed by atoms with E-state index in [4.69, 9.17) is 11.6 Å². The standard InChI is InChI=1S/C18H15N4.C10H8N2.C8H7ClN2.ClH/c1-2-4-17-16(3-1)20-18(21-17)13-22-11-7-15(8-12-22)14-5-9-19-10-6-14;1-5-11-6-2-9(1)10-3-7-12-8-4-10;9-5-8-10-6-3-1-2-4-7(6)11-8;/h1-12H,13H2,(H,20,21);1-8H;1-4H,5H2,(H,10,11);1H/q+1;;;/p-1. The zero-order valence-electron chi connectivity index (χ0n) is 24.7. The first-order chi connectivity index (χ1) is 22.2. The lowest BCUT2D eigenvalue weighted by Gasteiger charge is -1.99. The van der Waals surface area contributed by atoms with Gasteiger partial charge in [0.15, 0.2) is 18.2 Å². The summed E-state index contributed by atoms with van der Waals surface area (Å²) >= 11 is 5.60. The summed E-state index contributed by atoms with van der Waals surface area (Å²) < 4.78 is 2.11. The minimum Gasteiger partial charge on any atom is -1.00 e. The molecule has 10 heteroatoms. The minimum absolute atomic E-state index is 0. The first-order valence-electron chi connectivity index (χ1n) is 14.4. The number of hydrogen-bond donors (Lipinski definition) is 2. The van der Waals surface area contributed by atoms with E-state index in [2.05, 4.69) is 64.0 Å². The lowest BCUT2D eigenvalue weighted by atomic mass is 10.1. The van der Waals surface area contributed by atoms with Gasteiger partial charge in [0.25, 0.3) is 0 Å². The number of halogens is 2. The number of para-hydroxylation sites is 4. The van der Waals surface area contributed by atoms with Crippen LogP contribution in [0.5, 0.6) is 0 Å². The highest BCUT2D eigenvalue weighted by Crippen LogP contribution is 2.17. The predicted molar refractivity (Wildman–Crippen MR) is 178 cm³/mol. The van der Waals surface area contributed by atoms with Crippen LogP contribution in [-0.2, 0) is 12.4 Å². The van der Waals surface area contributed by atoms with E-state index in [0.29, 0.717) is 5.88 Å². The summed E-state index contributed by atoms with van der Waals surface area (Å²) in [4.78, 5) is 27.3. The van der Waals surface area contributed by atoms with Crippen LogP contribution in [0.2, 0.25) is 0 Å². The number of H-pyrrole nitrogens is 2. The molecule has 0 atom stereocenters. The van der Waals surface area contributed by atoms with E-state index in [-0.39, 0.29) is 12.4 Å². The van der Waals surface area contributed by atoms with Crippen LogP contribution in [0.15, 0.2) is 147 Å². The lowest BCUT2D eigenvalue weighted by molar-refractivity contribution is -0.689. The molecular formula is C36H30Cl2N8. The average Bonchev–Trinajstić information content (AvgIpc) is 3.74. The maximum Gasteiger partial charge on any atom is 0.205 e. The summed E-state index contributed by atoms with van der Waals surface area (Å²) in [5.41, 5.74) is 8.80. The molecule has 0 bridgehead atoms. The summed E-state index contributed by atoms with van der Waals surface area (Å²) in [6.07, 6.45) is 14.9. The number of nitrogens with zero attached hydrogens (tertiary/aromatic N) is 6. The Bertz CT molecular complexity index is 1960. The summed E-state index contributed by atoms with van der Waals surface area (Å²) in [5.74, 6) is 2.23. The van der Waals surface area contributed by atoms with E-state index in [1.807, 2.05) is 97.3 Å². The molecule has 228 valence electrons. The molecule has 0 fully saturated rings. The van der Waals surface area contributed by atoms with E-state index in [1.165, 1.54) is 22.3 Å². The van der Waals surface area contributed by atoms with Crippen molar-refractivity contribution in [1.82, 2.24) is 34.9 Å². The van der Waals surface area contributed by atoms with Gasteiger partial charge in [0, 0.05) is 49.3 Å². The molecule has 8 nitrogen and oxygen atoms in total. The first-order valence-corrected chi connectivity index (χ1v) is 14.9. The zero-order chi connectivity index (χ0) is 30.7. The molecule has 0 aliphatic carbocycles. The largest absolute Gasteiger partial charge is 1.00 e. The van der Waals surface area contributed by atoms with Gasteiger partial charge < -0.3 is 22.4 Å². The second kappa shape index (κ2) is 16.0. The Labute approximate surface area is 277 Å². The van der Waals surface area contributed by atoms with Crippen LogP contribution in [-0.4, -0.2) is 34.9 Å². The van der Waals surface area contributed by atoms with E-state index in [1.54, 1.807) is 24.8 Å². The average molecular weight is 646 g/mol. The third-order valence-electron chi connectivity index (χ3n) is 6.93. The highest BCUT2D eigenvalue weighted by Gasteiger charge is 2.08. The van der Waals surface area contributed by atoms with Crippen molar-refractivity contribution in [3.05, 3.63) is 158 Å². The van der Waals surface area contributed by atoms with Gasteiger partial charge >= 0.3 is 0 Å². The Morgan fingerprint density at radius 2 is 0.891 bits per heavy atom. The normalized spacial score (nSPS) is 10.3. The van der Waals surface area contributed by atoms with Crippen LogP contribution in [0.1, 0.15) is 11.6 Å². The molecule has 0 saturated carbocycles. The topological polar surface area (TPSA) is 99.9 Å². The maximum atomic E-state index is 5.60. The highest BCUT2D eigenvalue weighted by atomic mass is 35.5. The van der Waals surface area contributed by atoms with Crippen molar-refractivity contribution >= 4 is 33.7 Å². The molecule has 2 aromatic carbocycles. The van der Waals surface area contributed by atoms with Crippen molar-refractivity contribution < 1.29 is 17.0 Å². The zero-order valence-corrected chi connectivity index (χ0v) is 26.2. The fraction of sp³-hybridized carbons (Fsp3) is 0.0556. The Hall–Kier alpha value is -5.44. The van der Waals surface area contributed by atoms with Crippen molar-refractivity contribution in [3.8, 4) is 22.3 Å². The summed E-state index contributed by atoms with van der Waals surface area (Å²) in [5, 5.41) is 0. The van der Waals surface area contributed by atoms with Gasteiger partial charge in [0.1, 0.15) is 5.82 Å². The molecule has 46 heavy (non-hydrogen) atoms. The Morgan fingerprint density at radius 1 is 0.500 bits per heavy atom. The van der Waals surface area contributed by atoms with Crippen molar-refractivity contribution in [1.29, 1.82) is 0 Å². The molecule has 8 aromatic rings. The van der Waals surface area contributed by atoms with Gasteiger partial charge in [0.05, 0.1) is 27.9 Å². The van der Waals surface area contributed by atoms with Gasteiger partial charge in [-0.05, 0) is 82.9 Å². The van der Waals surface area contributed by atoms with Crippen LogP contribution < -0.4 is 17.0 Å². The van der Waals surface area contributed by atoms with Crippen molar-refractivity contribution in [2.75, 3.05) is 0 Å². The lowest BCUT2D eigenvalue weighted by Crippen LogP contribution is -3.00. The van der Waals surface area contributed by atoms with Crippen LogP contribution in [0.25, 0.3) is 44.3 Å². The molecule has 6 aromatic heterocycles. The van der Waals surface area contributed by atoms with Gasteiger partial charge in [-0.1, -0.05) is 24.3 Å². The predicted octanol–water partition coefficient (Wildman–Crippen LogP) is 4.41. The number of nitrogens with one attached hydrogen (secondary N) is 2. The number of alkyl halides is 1. The van der Waals surface area contributed by atoms with E-state index in [9.17, 15) is 0 Å². The molecule has 8 rings (SSSR count). The number of aromatic amines is 2. The van der Waals surface area contributed by atoms with Gasteiger partial charge in [-0.2, -0.15) is 4.57 Å². The van der Waals surface area contributed by atoms with E-state index in [0.717, 1.165) is 40.3 Å². The number of benzene rings is 2. The summed E-state index contributed by atoms with van der Waals surface area (Å²) in [7, 11) is 0. The number of fused-ring (bicyclic) bond motifs is 2. The minimum atomic E-state index is 0. The molecule has 2 N–H and O–H groups in total. The fourth-order valence-electron chi connectivity index (χ4n) is 4.71. The fourth-order valence-corrected chi connectivity index (χ4v) is 4.84. The third kappa shape index (κ3) is 8.38. The summed E-state index contributed by atoms with van der Waals surface area (Å²) in [6.45, 7) is 0.727. The highest BCUT2D eigenvalue weighted by molar-refractivity contribution is 6.16. The van der Waals surface area contributed by atoms with E-state index < -0.39 is 0 Å². The van der Waals surface area contributed by atoms with Crippen molar-refractivity contribution in [2.24, 2.45) is 0 Å². The number of hydrogen-bond acceptors (Lipinski definition) is 5. The monoisotopic (exact) mass is 644 g/mol. The third-order valence-corrected chi connectivity index (χ3v) is 7.19. The first kappa shape index (κ1) is 32.0. The molecule has 6 heterocycles. The Kier molecular flexibility index (Phi) is 11.1. The van der Waals surface area contributed by atoms with Crippen LogP contribution in [0.4, 0.5) is 0 Å². The Balaban J connectivity index is 0.000000147. The van der Waals surface area contributed by atoms with Gasteiger partial charge in [-0.15, -0.1) is 11.6 Å². The van der Waals surface area contributed by atoms with Crippen LogP contribution in [0, 0.1) is 0 Å². The van der Waals surface area contributed by atoms with Crippen LogP contribution in [0.3, 0.4) is 0 Å². The smallest absolute Gasteiger partial charge is 0.205 e. The van der Waals surface area contributed by atoms with Gasteiger partial charge in [-0.3, -0.25) is 15.0 Å². The molecule has 0 unspecified atom stereocenters. The van der Waals surface area contributed by atoms with Gasteiger partial charge in [0.2, 0.25) is 6.54 Å². The number of imidazole rings is 2. The number of rotatable bonds is 5. The maximum absolute atomic E-state index is 5.60. The van der Waals surface area contributed by atoms with Crippen molar-refractivity contribution in [2.45, 2.75) is 12.4 Å². The summed E-state index contributed by atoms with van der Waals surface area (Å²) in [6, 6.07) is 32.1. The molecular weight excluding hydrogens is 615 g/mol. The second-order valence-corrected chi connectivity index (χ2v) is 10.3. The number of pyridine rings is 4. The molecule has 0 aliphatic heterocycles. The second-order valence-electron chi connectivity index (χ2n) is 10.0. The molecule has 0 radical (unpaired) electrons. The molecule has 0 aliphatic rings. The molecule has 0 saturated heterocycles. The molecule has 0 amide bonds. The van der Waals surface area contributed by atoms with Crippen molar-refractivity contribution in [3.63, 3.8) is 0 Å². The Morgan fingerprint density at radius 3 is 1.33 bits per heavy atom. The van der Waals surface area contributed by atoms with Gasteiger partial charge in [-0.25, -0.2) is 9.97 Å². The quantitative estimate of drug-likeness (QED) is 0.214.